The van der Waals surface area contributed by atoms with Gasteiger partial charge in [0.2, 0.25) is 0 Å². The summed E-state index contributed by atoms with van der Waals surface area (Å²) in [5.74, 6) is 0. The van der Waals surface area contributed by atoms with Crippen LogP contribution < -0.4 is 0 Å². The first-order valence-electron chi connectivity index (χ1n) is 6.86. The minimum absolute atomic E-state index is 1.09. The van der Waals surface area contributed by atoms with Gasteiger partial charge in [-0.25, -0.2) is 0 Å². The molecule has 19 heavy (non-hydrogen) atoms. The van der Waals surface area contributed by atoms with Crippen LogP contribution in [0.25, 0.3) is 22.3 Å². The van der Waals surface area contributed by atoms with Crippen LogP contribution in [-0.4, -0.2) is 0 Å². The van der Waals surface area contributed by atoms with Crippen molar-refractivity contribution in [2.75, 3.05) is 0 Å². The van der Waals surface area contributed by atoms with E-state index in [0.717, 1.165) is 6.42 Å². The summed E-state index contributed by atoms with van der Waals surface area (Å²) in [6.45, 7) is 4.33. The van der Waals surface area contributed by atoms with Gasteiger partial charge in [-0.1, -0.05) is 73.2 Å². The lowest BCUT2D eigenvalue weighted by Gasteiger charge is -2.04. The molecule has 0 unspecified atom stereocenters. The summed E-state index contributed by atoms with van der Waals surface area (Å²) in [5, 5.41) is 0. The third-order valence-corrected chi connectivity index (χ3v) is 3.71. The molecule has 0 saturated heterocycles. The van der Waals surface area contributed by atoms with E-state index < -0.39 is 0 Å². The third-order valence-electron chi connectivity index (χ3n) is 3.71. The van der Waals surface area contributed by atoms with Gasteiger partial charge in [-0.3, -0.25) is 0 Å². The van der Waals surface area contributed by atoms with Gasteiger partial charge >= 0.3 is 0 Å². The van der Waals surface area contributed by atoms with Crippen LogP contribution in [0.3, 0.4) is 0 Å². The normalized spacial score (nSPS) is 10.8. The van der Waals surface area contributed by atoms with Crippen LogP contribution in [0.4, 0.5) is 0 Å². The summed E-state index contributed by atoms with van der Waals surface area (Å²) in [6, 6.07) is 22.1. The number of aryl methyl sites for hydroxylation is 2. The molecule has 1 aromatic rings. The van der Waals surface area contributed by atoms with Crippen molar-refractivity contribution in [3.63, 3.8) is 0 Å². The van der Waals surface area contributed by atoms with E-state index in [1.807, 2.05) is 0 Å². The van der Waals surface area contributed by atoms with E-state index in [2.05, 4.69) is 74.5 Å². The van der Waals surface area contributed by atoms with Crippen molar-refractivity contribution >= 4 is 0 Å². The van der Waals surface area contributed by atoms with Crippen molar-refractivity contribution in [1.82, 2.24) is 0 Å². The molecule has 0 nitrogen and oxygen atoms in total. The zero-order valence-electron chi connectivity index (χ0n) is 11.5. The van der Waals surface area contributed by atoms with Gasteiger partial charge in [0.05, 0.1) is 0 Å². The summed E-state index contributed by atoms with van der Waals surface area (Å²) >= 11 is 0. The van der Waals surface area contributed by atoms with Crippen molar-refractivity contribution < 1.29 is 0 Å². The minimum Gasteiger partial charge on any atom is -0.0614 e. The highest BCUT2D eigenvalue weighted by atomic mass is 14.1. The maximum Gasteiger partial charge on any atom is -0.0105 e. The van der Waals surface area contributed by atoms with E-state index in [4.69, 9.17) is 0 Å². The molecule has 0 fully saturated rings. The summed E-state index contributed by atoms with van der Waals surface area (Å²) in [7, 11) is 0. The second kappa shape index (κ2) is 4.89. The topological polar surface area (TPSA) is 0 Å². The zero-order chi connectivity index (χ0) is 13.2. The Labute approximate surface area is 115 Å². The van der Waals surface area contributed by atoms with Crippen molar-refractivity contribution in [1.29, 1.82) is 0 Å². The quantitative estimate of drug-likeness (QED) is 0.573. The van der Waals surface area contributed by atoms with Crippen LogP contribution in [0, 0.1) is 6.92 Å². The Morgan fingerprint density at radius 3 is 2.16 bits per heavy atom. The average molecular weight is 246 g/mol. The first kappa shape index (κ1) is 12.0. The number of fused-ring (bicyclic) bond motifs is 1. The van der Waals surface area contributed by atoms with Crippen LogP contribution in [-0.2, 0) is 6.42 Å². The zero-order valence-corrected chi connectivity index (χ0v) is 11.5. The van der Waals surface area contributed by atoms with Crippen molar-refractivity contribution in [2.45, 2.75) is 20.3 Å². The number of benzene rings is 1. The number of rotatable bonds is 2. The molecule has 94 valence electrons. The fourth-order valence-corrected chi connectivity index (χ4v) is 2.58. The molecule has 2 aliphatic rings. The Kier molecular flexibility index (Phi) is 3.08. The molecule has 2 aliphatic carbocycles. The predicted molar refractivity (Wildman–Crippen MR) is 82.6 cm³/mol. The van der Waals surface area contributed by atoms with Crippen LogP contribution in [0.1, 0.15) is 18.1 Å². The van der Waals surface area contributed by atoms with Gasteiger partial charge < -0.3 is 0 Å². The van der Waals surface area contributed by atoms with E-state index >= 15 is 0 Å². The van der Waals surface area contributed by atoms with Gasteiger partial charge in [-0.2, -0.15) is 0 Å². The van der Waals surface area contributed by atoms with Crippen LogP contribution in [0.15, 0.2) is 60.7 Å². The standard InChI is InChI=1S/C19H18/c1-3-15-7-9-16(10-8-15)19-12-11-17-13-14(2)5-4-6-18(17)19/h4-13H,3H2,1-2H3. The molecule has 0 spiro atoms. The van der Waals surface area contributed by atoms with E-state index in [1.165, 1.54) is 33.4 Å². The van der Waals surface area contributed by atoms with E-state index in [0.29, 0.717) is 0 Å². The minimum atomic E-state index is 1.09. The molecule has 0 amide bonds. The fourth-order valence-electron chi connectivity index (χ4n) is 2.58. The highest BCUT2D eigenvalue weighted by Crippen LogP contribution is 2.35. The summed E-state index contributed by atoms with van der Waals surface area (Å²) < 4.78 is 0. The van der Waals surface area contributed by atoms with Gasteiger partial charge in [0.25, 0.3) is 0 Å². The molecular weight excluding hydrogens is 228 g/mol. The smallest absolute Gasteiger partial charge is 0.0105 e. The molecule has 0 aliphatic heterocycles. The molecule has 3 rings (SSSR count). The predicted octanol–water partition coefficient (Wildman–Crippen LogP) is 5.33. The van der Waals surface area contributed by atoms with Crippen LogP contribution in [0.5, 0.6) is 0 Å². The summed E-state index contributed by atoms with van der Waals surface area (Å²) in [5.41, 5.74) is 7.97. The maximum absolute atomic E-state index is 2.25. The summed E-state index contributed by atoms with van der Waals surface area (Å²) in [6.07, 6.45) is 1.09. The molecule has 0 bridgehead atoms. The van der Waals surface area contributed by atoms with Crippen LogP contribution in [0.2, 0.25) is 0 Å². The average Bonchev–Trinajstić information content (AvgIpc) is 2.72. The highest BCUT2D eigenvalue weighted by molar-refractivity contribution is 5.86. The highest BCUT2D eigenvalue weighted by Gasteiger charge is 2.09. The Bertz CT molecular complexity index is 662. The molecule has 0 aromatic heterocycles. The lowest BCUT2D eigenvalue weighted by atomic mass is 10.0. The van der Waals surface area contributed by atoms with Crippen molar-refractivity contribution in [3.8, 4) is 22.3 Å². The largest absolute Gasteiger partial charge is 0.0614 e. The molecule has 0 saturated carbocycles. The van der Waals surface area contributed by atoms with Crippen molar-refractivity contribution in [2.24, 2.45) is 0 Å². The second-order valence-electron chi connectivity index (χ2n) is 5.08. The van der Waals surface area contributed by atoms with E-state index in [-0.39, 0.29) is 0 Å². The van der Waals surface area contributed by atoms with Gasteiger partial charge in [0.1, 0.15) is 0 Å². The van der Waals surface area contributed by atoms with Gasteiger partial charge in [-0.15, -0.1) is 0 Å². The first-order valence-corrected chi connectivity index (χ1v) is 6.86. The van der Waals surface area contributed by atoms with Gasteiger partial charge in [-0.05, 0) is 41.2 Å². The molecule has 0 N–H and O–H groups in total. The maximum atomic E-state index is 2.25. The third kappa shape index (κ3) is 2.26. The SMILES string of the molecule is CCc1ccc(-c2ccc3cc(C)cccc2-3)cc1. The fraction of sp³-hybridized carbons (Fsp3) is 0.158. The number of hydrogen-bond donors (Lipinski definition) is 0. The van der Waals surface area contributed by atoms with Gasteiger partial charge in [0.15, 0.2) is 0 Å². The van der Waals surface area contributed by atoms with Crippen LogP contribution >= 0.6 is 0 Å². The lowest BCUT2D eigenvalue weighted by Crippen LogP contribution is -1.81. The molecule has 0 heterocycles. The van der Waals surface area contributed by atoms with Gasteiger partial charge in [0, 0.05) is 0 Å². The van der Waals surface area contributed by atoms with E-state index in [1.54, 1.807) is 0 Å². The Morgan fingerprint density at radius 1 is 0.737 bits per heavy atom. The molecule has 0 atom stereocenters. The Morgan fingerprint density at radius 2 is 1.42 bits per heavy atom. The monoisotopic (exact) mass is 246 g/mol. The Balaban J connectivity index is 2.10. The molecule has 1 aromatic carbocycles. The number of hydrogen-bond acceptors (Lipinski definition) is 0. The first-order chi connectivity index (χ1) is 9.28. The second-order valence-corrected chi connectivity index (χ2v) is 5.08. The molecular formula is C19H18. The molecule has 0 heteroatoms. The lowest BCUT2D eigenvalue weighted by molar-refractivity contribution is 1.14. The Hall–Kier alpha value is -2.08. The van der Waals surface area contributed by atoms with E-state index in [9.17, 15) is 0 Å². The summed E-state index contributed by atoms with van der Waals surface area (Å²) in [4.78, 5) is 0. The van der Waals surface area contributed by atoms with Crippen molar-refractivity contribution in [3.05, 3.63) is 71.8 Å². The molecule has 0 radical (unpaired) electrons.